The molecular weight excluding hydrogens is 252 g/mol. The number of carboxylic acid groups (broad SMARTS) is 1. The number of rotatable bonds is 6. The number of carbonyl (C=O) groups is 1. The van der Waals surface area contributed by atoms with E-state index in [2.05, 4.69) is 10.3 Å². The van der Waals surface area contributed by atoms with Gasteiger partial charge in [-0.05, 0) is 12.8 Å². The Morgan fingerprint density at radius 2 is 2.28 bits per heavy atom. The summed E-state index contributed by atoms with van der Waals surface area (Å²) < 4.78 is 5.76. The monoisotopic (exact) mass is 270 g/mol. The summed E-state index contributed by atoms with van der Waals surface area (Å²) in [6.07, 6.45) is 6.54. The topological polar surface area (TPSA) is 71.5 Å². The van der Waals surface area contributed by atoms with Crippen molar-refractivity contribution in [1.29, 1.82) is 0 Å². The molecule has 6 heteroatoms. The van der Waals surface area contributed by atoms with Gasteiger partial charge in [0.2, 0.25) is 0 Å². The molecule has 0 unspecified atom stereocenters. The van der Waals surface area contributed by atoms with Crippen molar-refractivity contribution in [2.24, 2.45) is 0 Å². The molecule has 2 rings (SSSR count). The molecule has 0 aromatic carbocycles. The highest BCUT2D eigenvalue weighted by Crippen LogP contribution is 2.21. The van der Waals surface area contributed by atoms with Crippen LogP contribution in [0.3, 0.4) is 0 Å². The quantitative estimate of drug-likeness (QED) is 0.777. The van der Waals surface area contributed by atoms with Gasteiger partial charge in [0.05, 0.1) is 18.2 Å². The lowest BCUT2D eigenvalue weighted by Gasteiger charge is -2.22. The van der Waals surface area contributed by atoms with Crippen LogP contribution >= 0.6 is 11.3 Å². The number of ether oxygens (including phenoxy) is 1. The van der Waals surface area contributed by atoms with Gasteiger partial charge in [0.1, 0.15) is 5.00 Å². The molecule has 1 aliphatic rings. The average molecular weight is 270 g/mol. The standard InChI is InChI=1S/C12H18N2O3S/c15-12(16)10-11(18-8-14-10)13-6-7-17-9-4-2-1-3-5-9/h8-9,13H,1-7H2,(H,15,16). The smallest absolute Gasteiger partial charge is 0.357 e. The molecule has 2 N–H and O–H groups in total. The number of nitrogens with one attached hydrogen (secondary N) is 1. The van der Waals surface area contributed by atoms with E-state index in [0.29, 0.717) is 24.3 Å². The number of hydrogen-bond donors (Lipinski definition) is 2. The fraction of sp³-hybridized carbons (Fsp3) is 0.667. The summed E-state index contributed by atoms with van der Waals surface area (Å²) in [5.74, 6) is -0.994. The maximum absolute atomic E-state index is 10.8. The maximum atomic E-state index is 10.8. The Morgan fingerprint density at radius 1 is 1.50 bits per heavy atom. The number of aromatic nitrogens is 1. The van der Waals surface area contributed by atoms with Crippen molar-refractivity contribution in [3.63, 3.8) is 0 Å². The first-order valence-electron chi connectivity index (χ1n) is 6.29. The van der Waals surface area contributed by atoms with Crippen LogP contribution in [0.4, 0.5) is 5.00 Å². The highest BCUT2D eigenvalue weighted by molar-refractivity contribution is 7.14. The summed E-state index contributed by atoms with van der Waals surface area (Å²) in [5.41, 5.74) is 1.63. The third-order valence-corrected chi connectivity index (χ3v) is 3.85. The van der Waals surface area contributed by atoms with Gasteiger partial charge in [0, 0.05) is 6.54 Å². The molecule has 18 heavy (non-hydrogen) atoms. The van der Waals surface area contributed by atoms with Crippen LogP contribution in [0.1, 0.15) is 42.6 Å². The molecule has 1 aromatic heterocycles. The molecule has 0 radical (unpaired) electrons. The lowest BCUT2D eigenvalue weighted by molar-refractivity contribution is 0.0347. The van der Waals surface area contributed by atoms with Crippen LogP contribution in [0.25, 0.3) is 0 Å². The fourth-order valence-corrected chi connectivity index (χ4v) is 2.85. The number of nitrogens with zero attached hydrogens (tertiary/aromatic N) is 1. The summed E-state index contributed by atoms with van der Waals surface area (Å²) in [7, 11) is 0. The van der Waals surface area contributed by atoms with E-state index in [4.69, 9.17) is 9.84 Å². The second-order valence-corrected chi connectivity index (χ2v) is 5.25. The van der Waals surface area contributed by atoms with Gasteiger partial charge in [-0.25, -0.2) is 9.78 Å². The van der Waals surface area contributed by atoms with Crippen molar-refractivity contribution in [3.8, 4) is 0 Å². The normalized spacial score (nSPS) is 16.7. The van der Waals surface area contributed by atoms with E-state index in [1.54, 1.807) is 0 Å². The van der Waals surface area contributed by atoms with Crippen molar-refractivity contribution in [2.75, 3.05) is 18.5 Å². The highest BCUT2D eigenvalue weighted by Gasteiger charge is 2.14. The first kappa shape index (κ1) is 13.3. The van der Waals surface area contributed by atoms with E-state index in [1.165, 1.54) is 36.1 Å². The molecule has 1 heterocycles. The summed E-state index contributed by atoms with van der Waals surface area (Å²) in [6.45, 7) is 1.24. The molecule has 1 aliphatic carbocycles. The largest absolute Gasteiger partial charge is 0.476 e. The Kier molecular flexibility index (Phi) is 4.95. The molecule has 5 nitrogen and oxygen atoms in total. The van der Waals surface area contributed by atoms with Crippen LogP contribution in [0.2, 0.25) is 0 Å². The first-order valence-corrected chi connectivity index (χ1v) is 7.17. The van der Waals surface area contributed by atoms with Crippen molar-refractivity contribution in [1.82, 2.24) is 4.98 Å². The van der Waals surface area contributed by atoms with Gasteiger partial charge in [0.25, 0.3) is 0 Å². The van der Waals surface area contributed by atoms with Gasteiger partial charge in [-0.15, -0.1) is 11.3 Å². The summed E-state index contributed by atoms with van der Waals surface area (Å²) >= 11 is 1.31. The van der Waals surface area contributed by atoms with E-state index >= 15 is 0 Å². The molecule has 1 fully saturated rings. The Labute approximate surface area is 110 Å². The minimum Gasteiger partial charge on any atom is -0.476 e. The second-order valence-electron chi connectivity index (χ2n) is 4.39. The van der Waals surface area contributed by atoms with Crippen molar-refractivity contribution in [2.45, 2.75) is 38.2 Å². The van der Waals surface area contributed by atoms with Crippen LogP contribution in [0, 0.1) is 0 Å². The van der Waals surface area contributed by atoms with Crippen LogP contribution in [-0.4, -0.2) is 35.3 Å². The van der Waals surface area contributed by atoms with Gasteiger partial charge in [-0.1, -0.05) is 19.3 Å². The molecule has 1 aromatic rings. The van der Waals surface area contributed by atoms with E-state index in [1.807, 2.05) is 0 Å². The molecular formula is C12H18N2O3S. The molecule has 0 spiro atoms. The first-order chi connectivity index (χ1) is 8.77. The number of hydrogen-bond acceptors (Lipinski definition) is 5. The predicted octanol–water partition coefficient (Wildman–Crippen LogP) is 2.60. The second kappa shape index (κ2) is 6.70. The van der Waals surface area contributed by atoms with E-state index in [9.17, 15) is 4.79 Å². The van der Waals surface area contributed by atoms with E-state index in [0.717, 1.165) is 12.8 Å². The maximum Gasteiger partial charge on any atom is 0.357 e. The zero-order valence-electron chi connectivity index (χ0n) is 10.2. The lowest BCUT2D eigenvalue weighted by atomic mass is 9.98. The molecule has 100 valence electrons. The zero-order valence-corrected chi connectivity index (χ0v) is 11.0. The lowest BCUT2D eigenvalue weighted by Crippen LogP contribution is -2.20. The van der Waals surface area contributed by atoms with Crippen LogP contribution in [0.5, 0.6) is 0 Å². The Hall–Kier alpha value is -1.14. The van der Waals surface area contributed by atoms with Gasteiger partial charge >= 0.3 is 5.97 Å². The van der Waals surface area contributed by atoms with Crippen LogP contribution < -0.4 is 5.32 Å². The predicted molar refractivity (Wildman–Crippen MR) is 70.4 cm³/mol. The van der Waals surface area contributed by atoms with Gasteiger partial charge in [-0.3, -0.25) is 0 Å². The van der Waals surface area contributed by atoms with Crippen LogP contribution in [0.15, 0.2) is 5.51 Å². The van der Waals surface area contributed by atoms with Gasteiger partial charge < -0.3 is 15.2 Å². The van der Waals surface area contributed by atoms with Gasteiger partial charge in [0.15, 0.2) is 5.69 Å². The Bertz CT molecular complexity index is 388. The number of anilines is 1. The zero-order chi connectivity index (χ0) is 12.8. The van der Waals surface area contributed by atoms with Crippen molar-refractivity contribution in [3.05, 3.63) is 11.2 Å². The number of aromatic carboxylic acids is 1. The molecule has 0 saturated heterocycles. The SMILES string of the molecule is O=C(O)c1ncsc1NCCOC1CCCCC1. The molecule has 1 saturated carbocycles. The minimum absolute atomic E-state index is 0.0951. The minimum atomic E-state index is -0.994. The molecule has 0 amide bonds. The summed E-state index contributed by atoms with van der Waals surface area (Å²) in [4.78, 5) is 14.6. The third-order valence-electron chi connectivity index (χ3n) is 3.06. The number of thiazole rings is 1. The molecule has 0 bridgehead atoms. The summed E-state index contributed by atoms with van der Waals surface area (Å²) in [5, 5.41) is 12.6. The highest BCUT2D eigenvalue weighted by atomic mass is 32.1. The van der Waals surface area contributed by atoms with Crippen LogP contribution in [-0.2, 0) is 4.74 Å². The van der Waals surface area contributed by atoms with Crippen molar-refractivity contribution >= 4 is 22.3 Å². The Balaban J connectivity index is 1.68. The van der Waals surface area contributed by atoms with E-state index < -0.39 is 5.97 Å². The summed E-state index contributed by atoms with van der Waals surface area (Å²) in [6, 6.07) is 0. The fourth-order valence-electron chi connectivity index (χ4n) is 2.15. The van der Waals surface area contributed by atoms with Gasteiger partial charge in [-0.2, -0.15) is 0 Å². The molecule has 0 atom stereocenters. The van der Waals surface area contributed by atoms with E-state index in [-0.39, 0.29) is 5.69 Å². The Morgan fingerprint density at radius 3 is 3.00 bits per heavy atom. The van der Waals surface area contributed by atoms with Crippen molar-refractivity contribution < 1.29 is 14.6 Å². The average Bonchev–Trinajstić information content (AvgIpc) is 2.84. The third kappa shape index (κ3) is 3.68. The number of carboxylic acids is 1. The molecule has 0 aliphatic heterocycles.